The molecule has 0 saturated heterocycles. The van der Waals surface area contributed by atoms with Crippen LogP contribution in [0.2, 0.25) is 0 Å². The van der Waals surface area contributed by atoms with E-state index in [0.29, 0.717) is 16.9 Å². The van der Waals surface area contributed by atoms with Gasteiger partial charge in [0.1, 0.15) is 0 Å². The number of aliphatic hydroxyl groups excluding tert-OH is 1. The Balaban J connectivity index is 3.44. The van der Waals surface area contributed by atoms with Crippen molar-refractivity contribution in [1.82, 2.24) is 0 Å². The van der Waals surface area contributed by atoms with Crippen molar-refractivity contribution in [3.8, 4) is 11.5 Å². The van der Waals surface area contributed by atoms with Crippen molar-refractivity contribution < 1.29 is 19.0 Å². The first-order chi connectivity index (χ1) is 7.02. The van der Waals surface area contributed by atoms with Crippen molar-refractivity contribution in [3.05, 3.63) is 23.0 Å². The number of halogens is 1. The molecular formula is C11H15FO3. The molecule has 0 bridgehead atoms. The molecule has 0 amide bonds. The fraction of sp³-hybridized carbons (Fsp3) is 0.455. The molecule has 1 atom stereocenters. The van der Waals surface area contributed by atoms with Gasteiger partial charge in [0.05, 0.1) is 20.3 Å². The maximum Gasteiger partial charge on any atom is 0.197 e. The Labute approximate surface area is 88.4 Å². The molecule has 0 aliphatic heterocycles. The zero-order chi connectivity index (χ0) is 11.6. The highest BCUT2D eigenvalue weighted by atomic mass is 19.1. The van der Waals surface area contributed by atoms with E-state index in [4.69, 9.17) is 9.47 Å². The molecule has 84 valence electrons. The zero-order valence-corrected chi connectivity index (χ0v) is 9.30. The van der Waals surface area contributed by atoms with Crippen molar-refractivity contribution in [2.75, 3.05) is 14.2 Å². The monoisotopic (exact) mass is 214 g/mol. The maximum absolute atomic E-state index is 13.5. The number of benzene rings is 1. The smallest absolute Gasteiger partial charge is 0.197 e. The Hall–Kier alpha value is -1.29. The van der Waals surface area contributed by atoms with E-state index in [1.165, 1.54) is 20.3 Å². The quantitative estimate of drug-likeness (QED) is 0.838. The molecule has 0 aliphatic rings. The van der Waals surface area contributed by atoms with Crippen LogP contribution in [0.5, 0.6) is 11.5 Å². The predicted octanol–water partition coefficient (Wildman–Crippen LogP) is 2.20. The molecule has 1 rings (SSSR count). The molecule has 1 N–H and O–H groups in total. The van der Waals surface area contributed by atoms with E-state index in [2.05, 4.69) is 0 Å². The summed E-state index contributed by atoms with van der Waals surface area (Å²) in [4.78, 5) is 0. The SMILES string of the molecule is COc1c(F)cc(C(C)O)c(C)c1OC. The minimum Gasteiger partial charge on any atom is -0.492 e. The van der Waals surface area contributed by atoms with Crippen LogP contribution in [0.4, 0.5) is 4.39 Å². The number of hydrogen-bond acceptors (Lipinski definition) is 3. The van der Waals surface area contributed by atoms with Gasteiger partial charge in [-0.1, -0.05) is 0 Å². The van der Waals surface area contributed by atoms with Crippen LogP contribution < -0.4 is 9.47 Å². The maximum atomic E-state index is 13.5. The first-order valence-electron chi connectivity index (χ1n) is 4.62. The second-order valence-electron chi connectivity index (χ2n) is 3.32. The standard InChI is InChI=1S/C11H15FO3/c1-6-8(7(2)13)5-9(12)11(15-4)10(6)14-3/h5,7,13H,1-4H3. The Bertz CT molecular complexity index is 361. The van der Waals surface area contributed by atoms with Gasteiger partial charge in [-0.05, 0) is 25.5 Å². The van der Waals surface area contributed by atoms with Crippen molar-refractivity contribution in [3.63, 3.8) is 0 Å². The Morgan fingerprint density at radius 2 is 1.80 bits per heavy atom. The zero-order valence-electron chi connectivity index (χ0n) is 9.30. The number of methoxy groups -OCH3 is 2. The second-order valence-corrected chi connectivity index (χ2v) is 3.32. The van der Waals surface area contributed by atoms with Crippen molar-refractivity contribution in [2.24, 2.45) is 0 Å². The lowest BCUT2D eigenvalue weighted by atomic mass is 10.0. The van der Waals surface area contributed by atoms with Gasteiger partial charge in [-0.25, -0.2) is 4.39 Å². The summed E-state index contributed by atoms with van der Waals surface area (Å²) in [6.07, 6.45) is -0.737. The van der Waals surface area contributed by atoms with Crippen LogP contribution in [0.25, 0.3) is 0 Å². The molecule has 4 heteroatoms. The van der Waals surface area contributed by atoms with Gasteiger partial charge in [-0.3, -0.25) is 0 Å². The third kappa shape index (κ3) is 2.04. The van der Waals surface area contributed by atoms with Gasteiger partial charge in [-0.15, -0.1) is 0 Å². The Kier molecular flexibility index (Phi) is 3.52. The average Bonchev–Trinajstić information content (AvgIpc) is 2.19. The molecule has 15 heavy (non-hydrogen) atoms. The average molecular weight is 214 g/mol. The highest BCUT2D eigenvalue weighted by molar-refractivity contribution is 5.51. The molecule has 3 nitrogen and oxygen atoms in total. The van der Waals surface area contributed by atoms with E-state index in [1.54, 1.807) is 13.8 Å². The molecule has 0 radical (unpaired) electrons. The molecule has 1 aromatic rings. The first kappa shape index (κ1) is 11.8. The molecule has 0 aromatic heterocycles. The molecule has 0 spiro atoms. The van der Waals surface area contributed by atoms with Gasteiger partial charge < -0.3 is 14.6 Å². The van der Waals surface area contributed by atoms with E-state index in [1.807, 2.05) is 0 Å². The molecular weight excluding hydrogens is 199 g/mol. The molecule has 1 aromatic carbocycles. The molecule has 0 saturated carbocycles. The van der Waals surface area contributed by atoms with Crippen LogP contribution >= 0.6 is 0 Å². The van der Waals surface area contributed by atoms with E-state index in [9.17, 15) is 9.50 Å². The number of hydrogen-bond donors (Lipinski definition) is 1. The molecule has 0 heterocycles. The summed E-state index contributed by atoms with van der Waals surface area (Å²) < 4.78 is 23.5. The normalized spacial score (nSPS) is 12.4. The summed E-state index contributed by atoms with van der Waals surface area (Å²) in [7, 11) is 2.82. The number of aliphatic hydroxyl groups is 1. The lowest BCUT2D eigenvalue weighted by Crippen LogP contribution is -2.02. The van der Waals surface area contributed by atoms with Crippen LogP contribution in [-0.4, -0.2) is 19.3 Å². The third-order valence-corrected chi connectivity index (χ3v) is 2.34. The summed E-state index contributed by atoms with van der Waals surface area (Å²) in [6, 6.07) is 1.27. The fourth-order valence-corrected chi connectivity index (χ4v) is 1.59. The van der Waals surface area contributed by atoms with Gasteiger partial charge in [0.15, 0.2) is 17.3 Å². The molecule has 0 aliphatic carbocycles. The van der Waals surface area contributed by atoms with E-state index >= 15 is 0 Å². The van der Waals surface area contributed by atoms with Crippen molar-refractivity contribution >= 4 is 0 Å². The van der Waals surface area contributed by atoms with Gasteiger partial charge in [0, 0.05) is 5.56 Å². The van der Waals surface area contributed by atoms with Crippen LogP contribution in [0.3, 0.4) is 0 Å². The van der Waals surface area contributed by atoms with Gasteiger partial charge in [-0.2, -0.15) is 0 Å². The number of rotatable bonds is 3. The van der Waals surface area contributed by atoms with Crippen LogP contribution in [-0.2, 0) is 0 Å². The van der Waals surface area contributed by atoms with Gasteiger partial charge in [0.25, 0.3) is 0 Å². The fourth-order valence-electron chi connectivity index (χ4n) is 1.59. The highest BCUT2D eigenvalue weighted by Gasteiger charge is 2.18. The summed E-state index contributed by atoms with van der Waals surface area (Å²) in [5.74, 6) is -0.136. The predicted molar refractivity (Wildman–Crippen MR) is 54.9 cm³/mol. The van der Waals surface area contributed by atoms with Crippen LogP contribution in [0.15, 0.2) is 6.07 Å². The minimum absolute atomic E-state index is 0.0689. The summed E-state index contributed by atoms with van der Waals surface area (Å²) >= 11 is 0. The lowest BCUT2D eigenvalue weighted by Gasteiger charge is -2.16. The topological polar surface area (TPSA) is 38.7 Å². The summed E-state index contributed by atoms with van der Waals surface area (Å²) in [6.45, 7) is 3.33. The first-order valence-corrected chi connectivity index (χ1v) is 4.62. The van der Waals surface area contributed by atoms with E-state index in [0.717, 1.165) is 0 Å². The minimum atomic E-state index is -0.737. The lowest BCUT2D eigenvalue weighted by molar-refractivity contribution is 0.197. The summed E-state index contributed by atoms with van der Waals surface area (Å²) in [5.41, 5.74) is 1.19. The van der Waals surface area contributed by atoms with Crippen molar-refractivity contribution in [2.45, 2.75) is 20.0 Å². The number of ether oxygens (including phenoxy) is 2. The Morgan fingerprint density at radius 3 is 2.20 bits per heavy atom. The summed E-state index contributed by atoms with van der Waals surface area (Å²) in [5, 5.41) is 9.45. The molecule has 0 fully saturated rings. The van der Waals surface area contributed by atoms with E-state index in [-0.39, 0.29) is 5.75 Å². The van der Waals surface area contributed by atoms with Crippen LogP contribution in [0.1, 0.15) is 24.2 Å². The van der Waals surface area contributed by atoms with E-state index < -0.39 is 11.9 Å². The Morgan fingerprint density at radius 1 is 1.27 bits per heavy atom. The highest BCUT2D eigenvalue weighted by Crippen LogP contribution is 2.37. The van der Waals surface area contributed by atoms with Crippen molar-refractivity contribution in [1.29, 1.82) is 0 Å². The van der Waals surface area contributed by atoms with Crippen LogP contribution in [0, 0.1) is 12.7 Å². The van der Waals surface area contributed by atoms with Gasteiger partial charge in [0.2, 0.25) is 0 Å². The second kappa shape index (κ2) is 4.49. The van der Waals surface area contributed by atoms with Gasteiger partial charge >= 0.3 is 0 Å². The third-order valence-electron chi connectivity index (χ3n) is 2.34. The largest absolute Gasteiger partial charge is 0.492 e. The molecule has 1 unspecified atom stereocenters.